The molecule has 0 radical (unpaired) electrons. The van der Waals surface area contributed by atoms with Crippen LogP contribution in [0, 0.1) is 18.3 Å². The molecule has 2 aromatic carbocycles. The molecule has 0 saturated carbocycles. The summed E-state index contributed by atoms with van der Waals surface area (Å²) in [4.78, 5) is 0.0547. The van der Waals surface area contributed by atoms with E-state index in [0.717, 1.165) is 5.56 Å². The highest BCUT2D eigenvalue weighted by Gasteiger charge is 2.15. The molecule has 21 heavy (non-hydrogen) atoms. The van der Waals surface area contributed by atoms with E-state index >= 15 is 0 Å². The van der Waals surface area contributed by atoms with E-state index in [1.54, 1.807) is 13.0 Å². The quantitative estimate of drug-likeness (QED) is 0.849. The minimum absolute atomic E-state index is 0.0547. The lowest BCUT2D eigenvalue weighted by molar-refractivity contribution is 0.601. The summed E-state index contributed by atoms with van der Waals surface area (Å²) in [7, 11) is -3.77. The highest BCUT2D eigenvalue weighted by molar-refractivity contribution is 7.92. The standard InChI is InChI=1S/C14H12ClN3O2S/c1-9-2-4-12(7-14(9)17)21(19,20)18-11-3-5-13(15)10(6-11)8-16/h2-7,18H,17H2,1H3. The fourth-order valence-corrected chi connectivity index (χ4v) is 2.92. The number of nitrogens with zero attached hydrogens (tertiary/aromatic N) is 1. The molecule has 0 fully saturated rings. The zero-order valence-corrected chi connectivity index (χ0v) is 12.7. The Bertz CT molecular complexity index is 842. The van der Waals surface area contributed by atoms with Crippen molar-refractivity contribution in [2.45, 2.75) is 11.8 Å². The first kappa shape index (κ1) is 15.2. The molecular weight excluding hydrogens is 310 g/mol. The minimum Gasteiger partial charge on any atom is -0.398 e. The van der Waals surface area contributed by atoms with Gasteiger partial charge in [0, 0.05) is 5.69 Å². The summed E-state index contributed by atoms with van der Waals surface area (Å²) >= 11 is 5.81. The van der Waals surface area contributed by atoms with Crippen molar-refractivity contribution in [2.24, 2.45) is 0 Å². The molecule has 3 N–H and O–H groups in total. The molecule has 0 unspecified atom stereocenters. The molecule has 0 saturated heterocycles. The molecule has 7 heteroatoms. The molecule has 2 rings (SSSR count). The predicted molar refractivity (Wildman–Crippen MR) is 82.6 cm³/mol. The van der Waals surface area contributed by atoms with Crippen LogP contribution in [0.5, 0.6) is 0 Å². The van der Waals surface area contributed by atoms with Crippen LogP contribution in [0.15, 0.2) is 41.3 Å². The van der Waals surface area contributed by atoms with E-state index in [4.69, 9.17) is 22.6 Å². The second kappa shape index (κ2) is 5.64. The summed E-state index contributed by atoms with van der Waals surface area (Å²) in [5.41, 5.74) is 7.37. The van der Waals surface area contributed by atoms with Crippen molar-refractivity contribution in [3.05, 3.63) is 52.5 Å². The maximum Gasteiger partial charge on any atom is 0.261 e. The molecule has 0 bridgehead atoms. The van der Waals surface area contributed by atoms with E-state index in [-0.39, 0.29) is 21.2 Å². The molecule has 0 atom stereocenters. The van der Waals surface area contributed by atoms with Crippen LogP contribution in [0.4, 0.5) is 11.4 Å². The van der Waals surface area contributed by atoms with Crippen LogP contribution in [0.25, 0.3) is 0 Å². The van der Waals surface area contributed by atoms with Gasteiger partial charge >= 0.3 is 0 Å². The lowest BCUT2D eigenvalue weighted by Gasteiger charge is -2.10. The third-order valence-corrected chi connectivity index (χ3v) is 4.61. The first-order valence-electron chi connectivity index (χ1n) is 5.92. The normalized spacial score (nSPS) is 10.9. The van der Waals surface area contributed by atoms with Gasteiger partial charge < -0.3 is 5.73 Å². The van der Waals surface area contributed by atoms with E-state index in [1.807, 2.05) is 6.07 Å². The van der Waals surface area contributed by atoms with Crippen molar-refractivity contribution in [1.29, 1.82) is 5.26 Å². The first-order valence-corrected chi connectivity index (χ1v) is 7.78. The molecular formula is C14H12ClN3O2S. The van der Waals surface area contributed by atoms with E-state index in [1.165, 1.54) is 30.3 Å². The Morgan fingerprint density at radius 1 is 1.24 bits per heavy atom. The van der Waals surface area contributed by atoms with Crippen LogP contribution in [0.1, 0.15) is 11.1 Å². The summed E-state index contributed by atoms with van der Waals surface area (Å²) < 4.78 is 26.9. The topological polar surface area (TPSA) is 96.0 Å². The molecule has 108 valence electrons. The number of hydrogen-bond acceptors (Lipinski definition) is 4. The number of nitrogen functional groups attached to an aromatic ring is 1. The van der Waals surface area contributed by atoms with Gasteiger partial charge in [-0.2, -0.15) is 5.26 Å². The molecule has 0 aliphatic rings. The second-order valence-electron chi connectivity index (χ2n) is 4.43. The van der Waals surface area contributed by atoms with Crippen molar-refractivity contribution >= 4 is 33.0 Å². The summed E-state index contributed by atoms with van der Waals surface area (Å²) in [5, 5.41) is 9.16. The van der Waals surface area contributed by atoms with Crippen molar-refractivity contribution < 1.29 is 8.42 Å². The van der Waals surface area contributed by atoms with Gasteiger partial charge in [0.2, 0.25) is 0 Å². The largest absolute Gasteiger partial charge is 0.398 e. The molecule has 5 nitrogen and oxygen atoms in total. The van der Waals surface area contributed by atoms with Crippen LogP contribution in [-0.2, 0) is 10.0 Å². The van der Waals surface area contributed by atoms with Gasteiger partial charge in [0.25, 0.3) is 10.0 Å². The number of benzene rings is 2. The van der Waals surface area contributed by atoms with Crippen molar-refractivity contribution in [1.82, 2.24) is 0 Å². The van der Waals surface area contributed by atoms with Crippen molar-refractivity contribution in [2.75, 3.05) is 10.5 Å². The third kappa shape index (κ3) is 3.27. The number of nitrogens with two attached hydrogens (primary N) is 1. The van der Waals surface area contributed by atoms with E-state index < -0.39 is 10.0 Å². The van der Waals surface area contributed by atoms with Crippen molar-refractivity contribution in [3.8, 4) is 6.07 Å². The van der Waals surface area contributed by atoms with Gasteiger partial charge in [-0.3, -0.25) is 4.72 Å². The molecule has 0 heterocycles. The Hall–Kier alpha value is -2.23. The van der Waals surface area contributed by atoms with E-state index in [9.17, 15) is 8.42 Å². The summed E-state index contributed by atoms with van der Waals surface area (Å²) in [6.45, 7) is 1.79. The number of nitriles is 1. The maximum absolute atomic E-state index is 12.3. The summed E-state index contributed by atoms with van der Waals surface area (Å²) in [6, 6.07) is 10.7. The van der Waals surface area contributed by atoms with Crippen LogP contribution in [0.3, 0.4) is 0 Å². The van der Waals surface area contributed by atoms with Gasteiger partial charge in [0.1, 0.15) is 6.07 Å². The Morgan fingerprint density at radius 2 is 1.95 bits per heavy atom. The number of halogens is 1. The van der Waals surface area contributed by atoms with E-state index in [0.29, 0.717) is 5.69 Å². The molecule has 2 aromatic rings. The van der Waals surface area contributed by atoms with Gasteiger partial charge in [0.05, 0.1) is 21.2 Å². The highest BCUT2D eigenvalue weighted by atomic mass is 35.5. The molecule has 0 aliphatic carbocycles. The van der Waals surface area contributed by atoms with Crippen LogP contribution < -0.4 is 10.5 Å². The second-order valence-corrected chi connectivity index (χ2v) is 6.52. The zero-order valence-electron chi connectivity index (χ0n) is 11.1. The highest BCUT2D eigenvalue weighted by Crippen LogP contribution is 2.23. The number of aryl methyl sites for hydroxylation is 1. The van der Waals surface area contributed by atoms with Crippen molar-refractivity contribution in [3.63, 3.8) is 0 Å². The summed E-state index contributed by atoms with van der Waals surface area (Å²) in [5.74, 6) is 0. The van der Waals surface area contributed by atoms with E-state index in [2.05, 4.69) is 4.72 Å². The van der Waals surface area contributed by atoms with Gasteiger partial charge in [-0.1, -0.05) is 17.7 Å². The van der Waals surface area contributed by atoms with Crippen LogP contribution in [-0.4, -0.2) is 8.42 Å². The minimum atomic E-state index is -3.77. The number of sulfonamides is 1. The van der Waals surface area contributed by atoms with Gasteiger partial charge in [0.15, 0.2) is 0 Å². The fourth-order valence-electron chi connectivity index (χ4n) is 1.67. The molecule has 0 aliphatic heterocycles. The Labute approximate surface area is 128 Å². The number of anilines is 2. The molecule has 0 aromatic heterocycles. The van der Waals surface area contributed by atoms with Gasteiger partial charge in [-0.15, -0.1) is 0 Å². The smallest absolute Gasteiger partial charge is 0.261 e. The Kier molecular flexibility index (Phi) is 4.07. The number of nitrogens with one attached hydrogen (secondary N) is 1. The van der Waals surface area contributed by atoms with Gasteiger partial charge in [-0.25, -0.2) is 8.42 Å². The number of hydrogen-bond donors (Lipinski definition) is 2. The van der Waals surface area contributed by atoms with Gasteiger partial charge in [-0.05, 0) is 42.8 Å². The Morgan fingerprint density at radius 3 is 2.57 bits per heavy atom. The monoisotopic (exact) mass is 321 g/mol. The maximum atomic E-state index is 12.3. The van der Waals surface area contributed by atoms with Crippen LogP contribution in [0.2, 0.25) is 5.02 Å². The summed E-state index contributed by atoms with van der Waals surface area (Å²) in [6.07, 6.45) is 0. The lowest BCUT2D eigenvalue weighted by atomic mass is 10.2. The predicted octanol–water partition coefficient (Wildman–Crippen LogP) is 2.90. The fraction of sp³-hybridized carbons (Fsp3) is 0.0714. The van der Waals surface area contributed by atoms with Crippen LogP contribution >= 0.6 is 11.6 Å². The number of rotatable bonds is 3. The third-order valence-electron chi connectivity index (χ3n) is 2.90. The molecule has 0 amide bonds. The molecule has 0 spiro atoms. The lowest BCUT2D eigenvalue weighted by Crippen LogP contribution is -2.13. The zero-order chi connectivity index (χ0) is 15.6. The average Bonchev–Trinajstić information content (AvgIpc) is 2.43. The Balaban J connectivity index is 2.37. The first-order chi connectivity index (χ1) is 9.83. The average molecular weight is 322 g/mol. The SMILES string of the molecule is Cc1ccc(S(=O)(=O)Nc2ccc(Cl)c(C#N)c2)cc1N.